The molecule has 1 spiro atoms. The van der Waals surface area contributed by atoms with Crippen molar-refractivity contribution in [2.24, 2.45) is 11.8 Å². The molecule has 0 bridgehead atoms. The summed E-state index contributed by atoms with van der Waals surface area (Å²) in [4.78, 5) is 29.4. The highest BCUT2D eigenvalue weighted by molar-refractivity contribution is 6.07. The van der Waals surface area contributed by atoms with Gasteiger partial charge in [-0.05, 0) is 49.5 Å². The van der Waals surface area contributed by atoms with Gasteiger partial charge in [0.25, 0.3) is 5.91 Å². The maximum absolute atomic E-state index is 13.1. The highest BCUT2D eigenvalue weighted by Crippen LogP contribution is 2.38. The molecule has 3 fully saturated rings. The van der Waals surface area contributed by atoms with Gasteiger partial charge in [0.05, 0.1) is 6.67 Å². The summed E-state index contributed by atoms with van der Waals surface area (Å²) in [7, 11) is 0. The van der Waals surface area contributed by atoms with Crippen molar-refractivity contribution in [3.8, 4) is 0 Å². The summed E-state index contributed by atoms with van der Waals surface area (Å²) in [5.41, 5.74) is 0.763. The molecule has 5 nitrogen and oxygen atoms in total. The molecule has 2 heterocycles. The Morgan fingerprint density at radius 3 is 2.52 bits per heavy atom. The van der Waals surface area contributed by atoms with Crippen LogP contribution in [0.25, 0.3) is 0 Å². The Morgan fingerprint density at radius 2 is 1.81 bits per heavy atom. The van der Waals surface area contributed by atoms with E-state index in [4.69, 9.17) is 0 Å². The highest BCUT2D eigenvalue weighted by Gasteiger charge is 2.55. The first-order valence-electron chi connectivity index (χ1n) is 10.5. The molecule has 146 valence electrons. The molecule has 2 atom stereocenters. The summed E-state index contributed by atoms with van der Waals surface area (Å²) >= 11 is 0. The zero-order valence-corrected chi connectivity index (χ0v) is 16.3. The topological polar surface area (TPSA) is 52.7 Å². The van der Waals surface area contributed by atoms with Crippen LogP contribution in [0.5, 0.6) is 0 Å². The van der Waals surface area contributed by atoms with Crippen molar-refractivity contribution < 1.29 is 9.59 Å². The van der Waals surface area contributed by atoms with Gasteiger partial charge in [0.1, 0.15) is 5.54 Å². The predicted molar refractivity (Wildman–Crippen MR) is 105 cm³/mol. The van der Waals surface area contributed by atoms with Crippen LogP contribution in [0, 0.1) is 11.8 Å². The van der Waals surface area contributed by atoms with Crippen LogP contribution < -0.4 is 5.32 Å². The summed E-state index contributed by atoms with van der Waals surface area (Å²) in [5, 5.41) is 3.06. The number of hydrogen-bond donors (Lipinski definition) is 1. The molecule has 1 saturated carbocycles. The number of carbonyl (C=O) groups excluding carboxylic acids is 2. The smallest absolute Gasteiger partial charge is 0.323 e. The van der Waals surface area contributed by atoms with Gasteiger partial charge in [-0.25, -0.2) is 9.69 Å². The third-order valence-corrected chi connectivity index (χ3v) is 6.92. The quantitative estimate of drug-likeness (QED) is 0.828. The van der Waals surface area contributed by atoms with E-state index in [1.165, 1.54) is 10.5 Å². The number of hydrogen-bond acceptors (Lipinski definition) is 3. The van der Waals surface area contributed by atoms with Gasteiger partial charge in [0, 0.05) is 13.1 Å². The Morgan fingerprint density at radius 1 is 1.07 bits per heavy atom. The number of nitrogens with one attached hydrogen (secondary N) is 1. The second kappa shape index (κ2) is 7.63. The Bertz CT molecular complexity index is 684. The van der Waals surface area contributed by atoms with E-state index in [9.17, 15) is 9.59 Å². The van der Waals surface area contributed by atoms with Gasteiger partial charge in [0.2, 0.25) is 0 Å². The zero-order chi connectivity index (χ0) is 18.9. The van der Waals surface area contributed by atoms with E-state index >= 15 is 0 Å². The van der Waals surface area contributed by atoms with Gasteiger partial charge in [-0.15, -0.1) is 0 Å². The Balaban J connectivity index is 1.32. The van der Waals surface area contributed by atoms with Crippen LogP contribution in [-0.2, 0) is 11.2 Å². The summed E-state index contributed by atoms with van der Waals surface area (Å²) in [6.45, 7) is 4.46. The first-order chi connectivity index (χ1) is 13.1. The minimum absolute atomic E-state index is 0.00566. The van der Waals surface area contributed by atoms with Gasteiger partial charge in [-0.2, -0.15) is 0 Å². The maximum atomic E-state index is 13.1. The molecule has 0 aromatic heterocycles. The molecule has 1 aromatic carbocycles. The summed E-state index contributed by atoms with van der Waals surface area (Å²) in [5.74, 6) is 0.923. The molecular formula is C22H31N3O2. The fourth-order valence-corrected chi connectivity index (χ4v) is 5.10. The number of urea groups is 1. The van der Waals surface area contributed by atoms with Gasteiger partial charge in [-0.1, -0.05) is 50.1 Å². The summed E-state index contributed by atoms with van der Waals surface area (Å²) in [6, 6.07) is 10.5. The number of imide groups is 1. The normalized spacial score (nSPS) is 30.1. The van der Waals surface area contributed by atoms with Crippen LogP contribution in [0.2, 0.25) is 0 Å². The van der Waals surface area contributed by atoms with Crippen LogP contribution in [0.15, 0.2) is 30.3 Å². The number of likely N-dealkylation sites (tertiary alicyclic amines) is 1. The molecule has 27 heavy (non-hydrogen) atoms. The van der Waals surface area contributed by atoms with Crippen molar-refractivity contribution in [3.05, 3.63) is 35.9 Å². The predicted octanol–water partition coefficient (Wildman–Crippen LogP) is 3.40. The average Bonchev–Trinajstić information content (AvgIpc) is 2.91. The lowest BCUT2D eigenvalue weighted by Gasteiger charge is -2.37. The molecule has 4 rings (SSSR count). The van der Waals surface area contributed by atoms with Crippen molar-refractivity contribution in [2.45, 2.75) is 57.4 Å². The van der Waals surface area contributed by atoms with Gasteiger partial charge >= 0.3 is 6.03 Å². The molecule has 2 aliphatic heterocycles. The fourth-order valence-electron chi connectivity index (χ4n) is 5.10. The van der Waals surface area contributed by atoms with E-state index in [1.807, 2.05) is 0 Å². The monoisotopic (exact) mass is 369 g/mol. The van der Waals surface area contributed by atoms with E-state index in [1.54, 1.807) is 0 Å². The number of nitrogens with zero attached hydrogens (tertiary/aromatic N) is 2. The fraction of sp³-hybridized carbons (Fsp3) is 0.636. The first-order valence-corrected chi connectivity index (χ1v) is 10.5. The summed E-state index contributed by atoms with van der Waals surface area (Å²) in [6.07, 6.45) is 7.35. The SMILES string of the molecule is C[C@H]1CCCC[C@]12NC(=O)N(CN1CCC(Cc3ccccc3)CC1)C2=O. The average molecular weight is 370 g/mol. The van der Waals surface area contributed by atoms with Crippen LogP contribution in [0.1, 0.15) is 51.0 Å². The molecule has 1 N–H and O–H groups in total. The Labute approximate surface area is 162 Å². The molecule has 0 radical (unpaired) electrons. The Hall–Kier alpha value is -1.88. The number of carbonyl (C=O) groups is 2. The minimum atomic E-state index is -0.638. The minimum Gasteiger partial charge on any atom is -0.323 e. The highest BCUT2D eigenvalue weighted by atomic mass is 16.2. The molecule has 5 heteroatoms. The van der Waals surface area contributed by atoms with Crippen molar-refractivity contribution in [3.63, 3.8) is 0 Å². The van der Waals surface area contributed by atoms with Crippen molar-refractivity contribution in [1.82, 2.24) is 15.1 Å². The maximum Gasteiger partial charge on any atom is 0.326 e. The van der Waals surface area contributed by atoms with Crippen molar-refractivity contribution >= 4 is 11.9 Å². The number of piperidine rings is 1. The lowest BCUT2D eigenvalue weighted by atomic mass is 9.73. The molecule has 2 saturated heterocycles. The van der Waals surface area contributed by atoms with E-state index < -0.39 is 5.54 Å². The first kappa shape index (κ1) is 18.5. The second-order valence-electron chi connectivity index (χ2n) is 8.67. The van der Waals surface area contributed by atoms with E-state index in [-0.39, 0.29) is 17.9 Å². The number of rotatable bonds is 4. The lowest BCUT2D eigenvalue weighted by molar-refractivity contribution is -0.135. The zero-order valence-electron chi connectivity index (χ0n) is 16.3. The van der Waals surface area contributed by atoms with Crippen molar-refractivity contribution in [2.75, 3.05) is 19.8 Å². The summed E-state index contributed by atoms with van der Waals surface area (Å²) < 4.78 is 0. The molecular weight excluding hydrogens is 338 g/mol. The van der Waals surface area contributed by atoms with Gasteiger partial charge in [-0.3, -0.25) is 9.69 Å². The number of amides is 3. The van der Waals surface area contributed by atoms with Gasteiger partial charge < -0.3 is 5.32 Å². The third-order valence-electron chi connectivity index (χ3n) is 6.92. The Kier molecular flexibility index (Phi) is 5.22. The van der Waals surface area contributed by atoms with Gasteiger partial charge in [0.15, 0.2) is 0 Å². The van der Waals surface area contributed by atoms with Crippen LogP contribution in [0.3, 0.4) is 0 Å². The number of benzene rings is 1. The van der Waals surface area contributed by atoms with Crippen LogP contribution in [0.4, 0.5) is 4.79 Å². The van der Waals surface area contributed by atoms with E-state index in [0.29, 0.717) is 12.6 Å². The largest absolute Gasteiger partial charge is 0.326 e. The van der Waals surface area contributed by atoms with Crippen molar-refractivity contribution in [1.29, 1.82) is 0 Å². The standard InChI is InChI=1S/C22H31N3O2/c1-17-7-5-6-12-22(17)20(26)25(21(27)23-22)16-24-13-10-19(11-14-24)15-18-8-3-2-4-9-18/h2-4,8-9,17,19H,5-7,10-16H2,1H3,(H,23,27)/t17-,22-/m0/s1. The molecule has 3 amide bonds. The van der Waals surface area contributed by atoms with E-state index in [2.05, 4.69) is 47.5 Å². The third kappa shape index (κ3) is 3.62. The molecule has 3 aliphatic rings. The molecule has 1 aliphatic carbocycles. The molecule has 1 aromatic rings. The lowest BCUT2D eigenvalue weighted by Crippen LogP contribution is -2.54. The van der Waals surface area contributed by atoms with Crippen LogP contribution in [-0.4, -0.2) is 47.0 Å². The van der Waals surface area contributed by atoms with E-state index in [0.717, 1.165) is 58.0 Å². The molecule has 0 unspecified atom stereocenters. The second-order valence-corrected chi connectivity index (χ2v) is 8.67. The van der Waals surface area contributed by atoms with Crippen LogP contribution >= 0.6 is 0 Å².